The van der Waals surface area contributed by atoms with Gasteiger partial charge < -0.3 is 0 Å². The molecule has 1 aliphatic carbocycles. The molecular formula is C57H40. The predicted octanol–water partition coefficient (Wildman–Crippen LogP) is 15.8. The number of hydrogen-bond acceptors (Lipinski definition) is 0. The van der Waals surface area contributed by atoms with E-state index in [1.54, 1.807) is 0 Å². The Morgan fingerprint density at radius 3 is 1.54 bits per heavy atom. The quantitative estimate of drug-likeness (QED) is 0.122. The molecule has 0 N–H and O–H groups in total. The van der Waals surface area contributed by atoms with E-state index in [2.05, 4.69) is 220 Å². The minimum atomic E-state index is -0.0578. The molecule has 10 aromatic rings. The summed E-state index contributed by atoms with van der Waals surface area (Å²) in [6.45, 7) is 4.73. The van der Waals surface area contributed by atoms with E-state index in [-0.39, 0.29) is 5.41 Å². The largest absolute Gasteiger partial charge is 0.0619 e. The van der Waals surface area contributed by atoms with Gasteiger partial charge in [0.1, 0.15) is 0 Å². The molecule has 0 saturated heterocycles. The number of hydrogen-bond donors (Lipinski definition) is 0. The van der Waals surface area contributed by atoms with Crippen LogP contribution < -0.4 is 0 Å². The summed E-state index contributed by atoms with van der Waals surface area (Å²) >= 11 is 0. The molecule has 0 unspecified atom stereocenters. The third-order valence-corrected chi connectivity index (χ3v) is 12.5. The van der Waals surface area contributed by atoms with Crippen LogP contribution in [0.2, 0.25) is 0 Å². The molecule has 0 aliphatic heterocycles. The van der Waals surface area contributed by atoms with E-state index in [0.717, 1.165) is 0 Å². The van der Waals surface area contributed by atoms with Gasteiger partial charge in [-0.25, -0.2) is 0 Å². The summed E-state index contributed by atoms with van der Waals surface area (Å²) in [6.07, 6.45) is 4.51. The normalized spacial score (nSPS) is 13.2. The van der Waals surface area contributed by atoms with Crippen molar-refractivity contribution in [2.45, 2.75) is 19.3 Å². The van der Waals surface area contributed by atoms with Gasteiger partial charge >= 0.3 is 0 Å². The van der Waals surface area contributed by atoms with E-state index in [4.69, 9.17) is 0 Å². The average Bonchev–Trinajstić information content (AvgIpc) is 3.50. The first-order valence-electron chi connectivity index (χ1n) is 20.0. The molecule has 0 aromatic heterocycles. The molecule has 11 rings (SSSR count). The maximum Gasteiger partial charge on any atom is 0.0159 e. The highest BCUT2D eigenvalue weighted by Crippen LogP contribution is 2.51. The lowest BCUT2D eigenvalue weighted by Crippen LogP contribution is -2.14. The van der Waals surface area contributed by atoms with Crippen molar-refractivity contribution in [3.63, 3.8) is 0 Å². The van der Waals surface area contributed by atoms with E-state index in [9.17, 15) is 0 Å². The van der Waals surface area contributed by atoms with E-state index in [1.165, 1.54) is 110 Å². The van der Waals surface area contributed by atoms with Gasteiger partial charge in [-0.05, 0) is 116 Å². The van der Waals surface area contributed by atoms with Gasteiger partial charge in [0.05, 0.1) is 0 Å². The fourth-order valence-electron chi connectivity index (χ4n) is 9.72. The van der Waals surface area contributed by atoms with Crippen molar-refractivity contribution in [3.05, 3.63) is 216 Å². The molecule has 0 heteroatoms. The molecule has 0 radical (unpaired) electrons. The maximum absolute atomic E-state index is 2.46. The second-order valence-electron chi connectivity index (χ2n) is 16.0. The van der Waals surface area contributed by atoms with Crippen LogP contribution in [0.3, 0.4) is 0 Å². The smallest absolute Gasteiger partial charge is 0.0159 e. The number of fused-ring (bicyclic) bond motifs is 7. The van der Waals surface area contributed by atoms with Gasteiger partial charge in [-0.3, -0.25) is 0 Å². The second-order valence-corrected chi connectivity index (χ2v) is 16.0. The third kappa shape index (κ3) is 5.29. The number of benzene rings is 10. The first kappa shape index (κ1) is 33.3. The molecule has 0 bridgehead atoms. The van der Waals surface area contributed by atoms with Gasteiger partial charge in [-0.1, -0.05) is 214 Å². The predicted molar refractivity (Wildman–Crippen MR) is 246 cm³/mol. The Balaban J connectivity index is 0.982. The summed E-state index contributed by atoms with van der Waals surface area (Å²) in [5.74, 6) is 0. The molecule has 0 saturated carbocycles. The summed E-state index contributed by atoms with van der Waals surface area (Å²) in [5, 5.41) is 10.2. The van der Waals surface area contributed by atoms with E-state index in [1.807, 2.05) is 0 Å². The van der Waals surface area contributed by atoms with Crippen LogP contribution in [0.5, 0.6) is 0 Å². The van der Waals surface area contributed by atoms with Crippen molar-refractivity contribution in [3.8, 4) is 44.5 Å². The topological polar surface area (TPSA) is 0 Å². The number of rotatable bonds is 5. The Kier molecular flexibility index (Phi) is 7.63. The van der Waals surface area contributed by atoms with Gasteiger partial charge in [0, 0.05) is 5.41 Å². The molecule has 0 heterocycles. The molecule has 1 aliphatic rings. The third-order valence-electron chi connectivity index (χ3n) is 12.5. The van der Waals surface area contributed by atoms with Crippen LogP contribution in [0.15, 0.2) is 194 Å². The first-order chi connectivity index (χ1) is 28.0. The van der Waals surface area contributed by atoms with Gasteiger partial charge in [0.15, 0.2) is 0 Å². The van der Waals surface area contributed by atoms with Crippen molar-refractivity contribution < 1.29 is 0 Å². The fourth-order valence-corrected chi connectivity index (χ4v) is 9.72. The SMILES string of the molecule is CC1(C)c2ccccc2-c2ccc(-c3c4ccccc4c(-c4ccc(/C=C/c5ccc(-c6cccc7ccccc67)c6ccccc56)cc4)c4ccccc34)cc21. The molecule has 10 aromatic carbocycles. The van der Waals surface area contributed by atoms with E-state index >= 15 is 0 Å². The van der Waals surface area contributed by atoms with E-state index in [0.29, 0.717) is 0 Å². The highest BCUT2D eigenvalue weighted by Gasteiger charge is 2.35. The summed E-state index contributed by atoms with van der Waals surface area (Å²) in [5.41, 5.74) is 15.5. The van der Waals surface area contributed by atoms with Gasteiger partial charge in [-0.2, -0.15) is 0 Å². The average molecular weight is 725 g/mol. The van der Waals surface area contributed by atoms with Crippen molar-refractivity contribution in [1.29, 1.82) is 0 Å². The standard InChI is InChI=1S/C57H40/c1-57(2)53-25-12-11-19-47(53)48-35-33-41(36-54(48)57)56-51-22-9-7-20-49(51)55(50-21-8-10-23-52(50)56)40-30-27-37(28-31-40)26-29-39-32-34-46(44-18-6-5-17-43(39)44)45-24-13-15-38-14-3-4-16-42(38)45/h3-36H,1-2H3/b29-26+. The van der Waals surface area contributed by atoms with Gasteiger partial charge in [0.25, 0.3) is 0 Å². The molecule has 0 nitrogen and oxygen atoms in total. The summed E-state index contributed by atoms with van der Waals surface area (Å²) in [4.78, 5) is 0. The Morgan fingerprint density at radius 1 is 0.333 bits per heavy atom. The summed E-state index contributed by atoms with van der Waals surface area (Å²) < 4.78 is 0. The van der Waals surface area contributed by atoms with Crippen molar-refractivity contribution in [1.82, 2.24) is 0 Å². The molecule has 0 atom stereocenters. The molecule has 57 heavy (non-hydrogen) atoms. The van der Waals surface area contributed by atoms with Crippen molar-refractivity contribution in [2.24, 2.45) is 0 Å². The fraction of sp³-hybridized carbons (Fsp3) is 0.0526. The Bertz CT molecular complexity index is 3180. The van der Waals surface area contributed by atoms with Gasteiger partial charge in [-0.15, -0.1) is 0 Å². The van der Waals surface area contributed by atoms with Crippen LogP contribution in [-0.2, 0) is 5.41 Å². The zero-order valence-corrected chi connectivity index (χ0v) is 32.1. The Labute approximate surface area is 334 Å². The zero-order valence-electron chi connectivity index (χ0n) is 32.1. The Morgan fingerprint density at radius 2 is 0.825 bits per heavy atom. The zero-order chi connectivity index (χ0) is 38.1. The van der Waals surface area contributed by atoms with Crippen LogP contribution in [0.25, 0.3) is 99.7 Å². The Hall–Kier alpha value is -7.02. The second kappa shape index (κ2) is 13.0. The lowest BCUT2D eigenvalue weighted by Gasteiger charge is -2.23. The molecule has 268 valence electrons. The van der Waals surface area contributed by atoms with Crippen LogP contribution in [-0.4, -0.2) is 0 Å². The van der Waals surface area contributed by atoms with E-state index < -0.39 is 0 Å². The van der Waals surface area contributed by atoms with Crippen LogP contribution in [0.1, 0.15) is 36.1 Å². The molecule has 0 fully saturated rings. The van der Waals surface area contributed by atoms with Crippen LogP contribution >= 0.6 is 0 Å². The molecule has 0 amide bonds. The lowest BCUT2D eigenvalue weighted by atomic mass is 9.80. The minimum absolute atomic E-state index is 0.0578. The monoisotopic (exact) mass is 724 g/mol. The van der Waals surface area contributed by atoms with Crippen LogP contribution in [0, 0.1) is 0 Å². The summed E-state index contributed by atoms with van der Waals surface area (Å²) in [6, 6.07) is 71.7. The van der Waals surface area contributed by atoms with Crippen molar-refractivity contribution in [2.75, 3.05) is 0 Å². The highest BCUT2D eigenvalue weighted by molar-refractivity contribution is 6.21. The van der Waals surface area contributed by atoms with Gasteiger partial charge in [0.2, 0.25) is 0 Å². The maximum atomic E-state index is 2.46. The highest BCUT2D eigenvalue weighted by atomic mass is 14.4. The van der Waals surface area contributed by atoms with Crippen LogP contribution in [0.4, 0.5) is 0 Å². The summed E-state index contributed by atoms with van der Waals surface area (Å²) in [7, 11) is 0. The molecule has 0 spiro atoms. The molecular weight excluding hydrogens is 685 g/mol. The first-order valence-corrected chi connectivity index (χ1v) is 20.0. The minimum Gasteiger partial charge on any atom is -0.0619 e. The van der Waals surface area contributed by atoms with Crippen molar-refractivity contribution >= 4 is 55.2 Å². The lowest BCUT2D eigenvalue weighted by molar-refractivity contribution is 0.660.